The first-order chi connectivity index (χ1) is 7.90. The van der Waals surface area contributed by atoms with E-state index >= 15 is 0 Å². The summed E-state index contributed by atoms with van der Waals surface area (Å²) in [6.45, 7) is 9.68. The fourth-order valence-electron chi connectivity index (χ4n) is 1.98. The van der Waals surface area contributed by atoms with E-state index in [1.165, 1.54) is 0 Å². The van der Waals surface area contributed by atoms with Crippen LogP contribution < -0.4 is 0 Å². The maximum Gasteiger partial charge on any atom is 0.306 e. The van der Waals surface area contributed by atoms with E-state index < -0.39 is 0 Å². The molecule has 4 heteroatoms. The Kier molecular flexibility index (Phi) is 5.40. The number of nitrogens with zero attached hydrogens (tertiary/aromatic N) is 1. The zero-order valence-electron chi connectivity index (χ0n) is 11.5. The van der Waals surface area contributed by atoms with E-state index in [-0.39, 0.29) is 11.6 Å². The van der Waals surface area contributed by atoms with Gasteiger partial charge in [-0.05, 0) is 33.1 Å². The van der Waals surface area contributed by atoms with Gasteiger partial charge >= 0.3 is 5.97 Å². The lowest BCUT2D eigenvalue weighted by atomic mass is 9.95. The number of hydrogen-bond donors (Lipinski definition) is 0. The van der Waals surface area contributed by atoms with E-state index in [0.29, 0.717) is 12.3 Å². The number of methoxy groups -OCH3 is 1. The van der Waals surface area contributed by atoms with E-state index in [1.54, 1.807) is 7.11 Å². The van der Waals surface area contributed by atoms with Crippen LogP contribution >= 0.6 is 0 Å². The molecule has 0 atom stereocenters. The summed E-state index contributed by atoms with van der Waals surface area (Å²) in [6, 6.07) is 0. The summed E-state index contributed by atoms with van der Waals surface area (Å²) >= 11 is 0. The average Bonchev–Trinajstić information content (AvgIpc) is 2.11. The van der Waals surface area contributed by atoms with Gasteiger partial charge in [0.1, 0.15) is 5.60 Å². The van der Waals surface area contributed by atoms with Gasteiger partial charge in [0.05, 0.1) is 6.61 Å². The van der Waals surface area contributed by atoms with Crippen LogP contribution in [-0.4, -0.2) is 49.8 Å². The second-order valence-corrected chi connectivity index (χ2v) is 5.74. The van der Waals surface area contributed by atoms with Crippen molar-refractivity contribution in [1.29, 1.82) is 0 Å². The molecule has 0 amide bonds. The smallest absolute Gasteiger partial charge is 0.306 e. The number of carbonyl (C=O) groups excluding carboxylic acids is 1. The van der Waals surface area contributed by atoms with Gasteiger partial charge in [-0.3, -0.25) is 4.79 Å². The number of ether oxygens (including phenoxy) is 2. The Hall–Kier alpha value is -0.610. The molecule has 0 aromatic carbocycles. The summed E-state index contributed by atoms with van der Waals surface area (Å²) in [5, 5.41) is 0. The summed E-state index contributed by atoms with van der Waals surface area (Å²) in [5.41, 5.74) is -0.360. The molecule has 1 saturated heterocycles. The normalized spacial score (nSPS) is 17.9. The lowest BCUT2D eigenvalue weighted by Crippen LogP contribution is -2.48. The van der Waals surface area contributed by atoms with Gasteiger partial charge in [-0.15, -0.1) is 0 Å². The predicted octanol–water partition coefficient (Wildman–Crippen LogP) is 1.69. The van der Waals surface area contributed by atoms with E-state index in [1.807, 2.05) is 20.8 Å². The third-order valence-electron chi connectivity index (χ3n) is 2.82. The number of rotatable bonds is 6. The summed E-state index contributed by atoms with van der Waals surface area (Å²) in [5.74, 6) is 0.576. The van der Waals surface area contributed by atoms with Crippen LogP contribution in [0.3, 0.4) is 0 Å². The first kappa shape index (κ1) is 14.5. The highest BCUT2D eigenvalue weighted by atomic mass is 16.6. The van der Waals surface area contributed by atoms with Crippen molar-refractivity contribution in [2.45, 2.75) is 39.2 Å². The third-order valence-corrected chi connectivity index (χ3v) is 2.82. The molecule has 0 spiro atoms. The zero-order chi connectivity index (χ0) is 12.9. The van der Waals surface area contributed by atoms with Crippen molar-refractivity contribution in [3.8, 4) is 0 Å². The molecule has 0 aromatic rings. The van der Waals surface area contributed by atoms with Gasteiger partial charge in [0.2, 0.25) is 0 Å². The Balaban J connectivity index is 2.04. The van der Waals surface area contributed by atoms with E-state index in [4.69, 9.17) is 9.47 Å². The third kappa shape index (κ3) is 6.03. The Morgan fingerprint density at radius 2 is 2.00 bits per heavy atom. The van der Waals surface area contributed by atoms with Gasteiger partial charge in [-0.1, -0.05) is 0 Å². The molecule has 0 N–H and O–H groups in total. The molecule has 1 aliphatic rings. The SMILES string of the molecule is COCCN1CC(CCC(=O)OC(C)(C)C)C1. The average molecular weight is 243 g/mol. The fourth-order valence-corrected chi connectivity index (χ4v) is 1.98. The molecule has 0 bridgehead atoms. The van der Waals surface area contributed by atoms with Gasteiger partial charge < -0.3 is 14.4 Å². The number of carbonyl (C=O) groups is 1. The van der Waals surface area contributed by atoms with Crippen molar-refractivity contribution in [3.05, 3.63) is 0 Å². The Morgan fingerprint density at radius 3 is 2.53 bits per heavy atom. The summed E-state index contributed by atoms with van der Waals surface area (Å²) in [7, 11) is 1.72. The van der Waals surface area contributed by atoms with Crippen molar-refractivity contribution < 1.29 is 14.3 Å². The second kappa shape index (κ2) is 6.36. The molecule has 17 heavy (non-hydrogen) atoms. The minimum Gasteiger partial charge on any atom is -0.460 e. The molecule has 1 fully saturated rings. The first-order valence-electron chi connectivity index (χ1n) is 6.34. The molecule has 1 rings (SSSR count). The van der Waals surface area contributed by atoms with Crippen LogP contribution in [0.15, 0.2) is 0 Å². The van der Waals surface area contributed by atoms with Crippen molar-refractivity contribution in [1.82, 2.24) is 4.90 Å². The standard InChI is InChI=1S/C13H25NO3/c1-13(2,3)17-12(15)6-5-11-9-14(10-11)7-8-16-4/h11H,5-10H2,1-4H3. The maximum absolute atomic E-state index is 11.5. The Morgan fingerprint density at radius 1 is 1.35 bits per heavy atom. The highest BCUT2D eigenvalue weighted by Crippen LogP contribution is 2.21. The van der Waals surface area contributed by atoms with Gasteiger partial charge in [0, 0.05) is 33.2 Å². The maximum atomic E-state index is 11.5. The summed E-state index contributed by atoms with van der Waals surface area (Å²) < 4.78 is 10.3. The summed E-state index contributed by atoms with van der Waals surface area (Å²) in [4.78, 5) is 13.9. The van der Waals surface area contributed by atoms with Crippen molar-refractivity contribution in [3.63, 3.8) is 0 Å². The van der Waals surface area contributed by atoms with E-state index in [9.17, 15) is 4.79 Å². The summed E-state index contributed by atoms with van der Waals surface area (Å²) in [6.07, 6.45) is 1.48. The molecule has 0 saturated carbocycles. The Bertz CT molecular complexity index is 242. The largest absolute Gasteiger partial charge is 0.460 e. The second-order valence-electron chi connectivity index (χ2n) is 5.74. The molecule has 0 unspecified atom stereocenters. The highest BCUT2D eigenvalue weighted by Gasteiger charge is 2.27. The zero-order valence-corrected chi connectivity index (χ0v) is 11.5. The molecule has 0 aliphatic carbocycles. The monoisotopic (exact) mass is 243 g/mol. The van der Waals surface area contributed by atoms with Crippen molar-refractivity contribution in [2.75, 3.05) is 33.4 Å². The predicted molar refractivity (Wildman–Crippen MR) is 66.9 cm³/mol. The molecular weight excluding hydrogens is 218 g/mol. The van der Waals surface area contributed by atoms with Crippen molar-refractivity contribution >= 4 is 5.97 Å². The topological polar surface area (TPSA) is 38.8 Å². The van der Waals surface area contributed by atoms with Crippen LogP contribution in [0.1, 0.15) is 33.6 Å². The van der Waals surface area contributed by atoms with Crippen molar-refractivity contribution in [2.24, 2.45) is 5.92 Å². The molecule has 100 valence electrons. The lowest BCUT2D eigenvalue weighted by molar-refractivity contribution is -0.155. The number of likely N-dealkylation sites (tertiary alicyclic amines) is 1. The first-order valence-corrected chi connectivity index (χ1v) is 6.34. The van der Waals surface area contributed by atoms with Gasteiger partial charge in [-0.2, -0.15) is 0 Å². The van der Waals surface area contributed by atoms with Crippen LogP contribution in [0, 0.1) is 5.92 Å². The van der Waals surface area contributed by atoms with E-state index in [0.717, 1.165) is 32.7 Å². The van der Waals surface area contributed by atoms with Crippen LogP contribution in [0.2, 0.25) is 0 Å². The lowest BCUT2D eigenvalue weighted by Gasteiger charge is -2.39. The molecular formula is C13H25NO3. The molecule has 1 heterocycles. The molecule has 0 radical (unpaired) electrons. The molecule has 0 aromatic heterocycles. The van der Waals surface area contributed by atoms with Gasteiger partial charge in [0.25, 0.3) is 0 Å². The van der Waals surface area contributed by atoms with Crippen LogP contribution in [0.25, 0.3) is 0 Å². The molecule has 4 nitrogen and oxygen atoms in total. The van der Waals surface area contributed by atoms with E-state index in [2.05, 4.69) is 4.90 Å². The quantitative estimate of drug-likeness (QED) is 0.665. The number of esters is 1. The Labute approximate surface area is 104 Å². The van der Waals surface area contributed by atoms with Crippen LogP contribution in [0.5, 0.6) is 0 Å². The van der Waals surface area contributed by atoms with Gasteiger partial charge in [0.15, 0.2) is 0 Å². The fraction of sp³-hybridized carbons (Fsp3) is 0.923. The van der Waals surface area contributed by atoms with Crippen LogP contribution in [-0.2, 0) is 14.3 Å². The minimum absolute atomic E-state index is 0.0761. The minimum atomic E-state index is -0.360. The van der Waals surface area contributed by atoms with Gasteiger partial charge in [-0.25, -0.2) is 0 Å². The highest BCUT2D eigenvalue weighted by molar-refractivity contribution is 5.69. The molecule has 1 aliphatic heterocycles. The number of hydrogen-bond acceptors (Lipinski definition) is 4. The van der Waals surface area contributed by atoms with Crippen LogP contribution in [0.4, 0.5) is 0 Å².